The Labute approximate surface area is 147 Å². The van der Waals surface area contributed by atoms with Gasteiger partial charge in [-0.15, -0.1) is 0 Å². The van der Waals surface area contributed by atoms with Crippen molar-refractivity contribution < 1.29 is 14.0 Å². The molecule has 1 aromatic carbocycles. The SMILES string of the molecule is CN1CCN(c2ccc(F)cc2C(=O)NCC(=O)N2CCCC2)CC1. The van der Waals surface area contributed by atoms with Crippen molar-refractivity contribution >= 4 is 17.5 Å². The average Bonchev–Trinajstić information content (AvgIpc) is 3.15. The van der Waals surface area contributed by atoms with Gasteiger partial charge in [-0.1, -0.05) is 0 Å². The number of likely N-dealkylation sites (tertiary alicyclic amines) is 1. The lowest BCUT2D eigenvalue weighted by atomic mass is 10.1. The summed E-state index contributed by atoms with van der Waals surface area (Å²) in [6, 6.07) is 4.28. The highest BCUT2D eigenvalue weighted by atomic mass is 19.1. The summed E-state index contributed by atoms with van der Waals surface area (Å²) in [7, 11) is 2.06. The van der Waals surface area contributed by atoms with E-state index in [4.69, 9.17) is 0 Å². The van der Waals surface area contributed by atoms with Gasteiger partial charge in [-0.3, -0.25) is 9.59 Å². The Morgan fingerprint density at radius 3 is 2.44 bits per heavy atom. The fourth-order valence-electron chi connectivity index (χ4n) is 3.34. The van der Waals surface area contributed by atoms with Crippen LogP contribution >= 0.6 is 0 Å². The first kappa shape index (κ1) is 17.7. The van der Waals surface area contributed by atoms with Gasteiger partial charge in [-0.2, -0.15) is 0 Å². The van der Waals surface area contributed by atoms with Crippen molar-refractivity contribution in [2.75, 3.05) is 57.8 Å². The number of rotatable bonds is 4. The van der Waals surface area contributed by atoms with Gasteiger partial charge in [0.1, 0.15) is 5.82 Å². The van der Waals surface area contributed by atoms with Crippen LogP contribution in [-0.2, 0) is 4.79 Å². The molecule has 7 heteroatoms. The summed E-state index contributed by atoms with van der Waals surface area (Å²) in [6.07, 6.45) is 2.02. The molecule has 2 amide bonds. The van der Waals surface area contributed by atoms with Crippen molar-refractivity contribution in [3.8, 4) is 0 Å². The van der Waals surface area contributed by atoms with Gasteiger partial charge in [0.25, 0.3) is 5.91 Å². The second-order valence-corrected chi connectivity index (χ2v) is 6.72. The second kappa shape index (κ2) is 7.82. The molecule has 2 heterocycles. The first-order chi connectivity index (χ1) is 12.0. The summed E-state index contributed by atoms with van der Waals surface area (Å²) in [5.74, 6) is -0.932. The molecule has 0 spiro atoms. The van der Waals surface area contributed by atoms with E-state index in [2.05, 4.69) is 22.2 Å². The molecule has 0 atom stereocenters. The van der Waals surface area contributed by atoms with Gasteiger partial charge in [-0.05, 0) is 38.1 Å². The summed E-state index contributed by atoms with van der Waals surface area (Å²) < 4.78 is 13.7. The molecule has 2 saturated heterocycles. The van der Waals surface area contributed by atoms with Crippen molar-refractivity contribution in [1.29, 1.82) is 0 Å². The molecular weight excluding hydrogens is 323 g/mol. The van der Waals surface area contributed by atoms with Crippen LogP contribution in [0.5, 0.6) is 0 Å². The molecule has 0 saturated carbocycles. The number of hydrogen-bond acceptors (Lipinski definition) is 4. The smallest absolute Gasteiger partial charge is 0.253 e. The Balaban J connectivity index is 1.68. The third-order valence-electron chi connectivity index (χ3n) is 4.91. The predicted molar refractivity (Wildman–Crippen MR) is 94.3 cm³/mol. The van der Waals surface area contributed by atoms with Crippen LogP contribution in [0.15, 0.2) is 18.2 Å². The van der Waals surface area contributed by atoms with Crippen molar-refractivity contribution in [2.24, 2.45) is 0 Å². The fourth-order valence-corrected chi connectivity index (χ4v) is 3.34. The standard InChI is InChI=1S/C18H25FN4O2/c1-21-8-10-22(11-9-21)16-5-4-14(19)12-15(16)18(25)20-13-17(24)23-6-2-3-7-23/h4-5,12H,2-3,6-11,13H2,1H3,(H,20,25). The van der Waals surface area contributed by atoms with Gasteiger partial charge >= 0.3 is 0 Å². The molecule has 2 fully saturated rings. The number of carbonyl (C=O) groups excluding carboxylic acids is 2. The lowest BCUT2D eigenvalue weighted by Gasteiger charge is -2.35. The molecule has 1 aromatic rings. The minimum absolute atomic E-state index is 0.0441. The Morgan fingerprint density at radius 2 is 1.76 bits per heavy atom. The third kappa shape index (κ3) is 4.28. The van der Waals surface area contributed by atoms with E-state index in [0.29, 0.717) is 5.56 Å². The zero-order valence-electron chi connectivity index (χ0n) is 14.6. The van der Waals surface area contributed by atoms with E-state index >= 15 is 0 Å². The fraction of sp³-hybridized carbons (Fsp3) is 0.556. The molecule has 3 rings (SSSR count). The summed E-state index contributed by atoms with van der Waals surface area (Å²) in [5, 5.41) is 2.66. The van der Waals surface area contributed by atoms with Crippen LogP contribution in [0, 0.1) is 5.82 Å². The molecule has 25 heavy (non-hydrogen) atoms. The topological polar surface area (TPSA) is 55.9 Å². The summed E-state index contributed by atoms with van der Waals surface area (Å²) >= 11 is 0. The normalized spacial score (nSPS) is 18.5. The Hall–Kier alpha value is -2.15. The van der Waals surface area contributed by atoms with E-state index in [-0.39, 0.29) is 12.5 Å². The van der Waals surface area contributed by atoms with Gasteiger partial charge < -0.3 is 20.0 Å². The van der Waals surface area contributed by atoms with Crippen LogP contribution in [-0.4, -0.2) is 74.5 Å². The monoisotopic (exact) mass is 348 g/mol. The predicted octanol–water partition coefficient (Wildman–Crippen LogP) is 0.930. The Morgan fingerprint density at radius 1 is 1.08 bits per heavy atom. The minimum atomic E-state index is -0.450. The first-order valence-electron chi connectivity index (χ1n) is 8.83. The van der Waals surface area contributed by atoms with E-state index in [9.17, 15) is 14.0 Å². The molecule has 6 nitrogen and oxygen atoms in total. The maximum absolute atomic E-state index is 13.7. The molecule has 0 radical (unpaired) electrons. The number of likely N-dealkylation sites (N-methyl/N-ethyl adjacent to an activating group) is 1. The molecule has 136 valence electrons. The summed E-state index contributed by atoms with van der Waals surface area (Å²) in [5.41, 5.74) is 1.01. The molecule has 2 aliphatic rings. The van der Waals surface area contributed by atoms with Gasteiger partial charge in [0.05, 0.1) is 12.1 Å². The number of nitrogens with one attached hydrogen (secondary N) is 1. The van der Waals surface area contributed by atoms with Crippen LogP contribution in [0.25, 0.3) is 0 Å². The number of carbonyl (C=O) groups is 2. The molecule has 0 aromatic heterocycles. The third-order valence-corrected chi connectivity index (χ3v) is 4.91. The summed E-state index contributed by atoms with van der Waals surface area (Å²) in [6.45, 7) is 4.82. The van der Waals surface area contributed by atoms with Gasteiger partial charge in [0.2, 0.25) is 5.91 Å². The van der Waals surface area contributed by atoms with Gasteiger partial charge in [0.15, 0.2) is 0 Å². The number of piperazine rings is 1. The highest BCUT2D eigenvalue weighted by Crippen LogP contribution is 2.23. The van der Waals surface area contributed by atoms with Crippen LogP contribution in [0.1, 0.15) is 23.2 Å². The second-order valence-electron chi connectivity index (χ2n) is 6.72. The molecule has 0 aliphatic carbocycles. The number of nitrogens with zero attached hydrogens (tertiary/aromatic N) is 3. The number of benzene rings is 1. The van der Waals surface area contributed by atoms with E-state index < -0.39 is 11.7 Å². The highest BCUT2D eigenvalue weighted by Gasteiger charge is 2.22. The average molecular weight is 348 g/mol. The van der Waals surface area contributed by atoms with Crippen LogP contribution in [0.4, 0.5) is 10.1 Å². The number of anilines is 1. The van der Waals surface area contributed by atoms with Crippen molar-refractivity contribution in [3.63, 3.8) is 0 Å². The highest BCUT2D eigenvalue weighted by molar-refractivity contribution is 6.01. The minimum Gasteiger partial charge on any atom is -0.368 e. The zero-order chi connectivity index (χ0) is 17.8. The van der Waals surface area contributed by atoms with Crippen LogP contribution in [0.2, 0.25) is 0 Å². The number of hydrogen-bond donors (Lipinski definition) is 1. The zero-order valence-corrected chi connectivity index (χ0v) is 14.6. The van der Waals surface area contributed by atoms with Crippen molar-refractivity contribution in [3.05, 3.63) is 29.6 Å². The lowest BCUT2D eigenvalue weighted by Crippen LogP contribution is -2.45. The maximum atomic E-state index is 13.7. The van der Waals surface area contributed by atoms with E-state index in [0.717, 1.165) is 57.8 Å². The van der Waals surface area contributed by atoms with Gasteiger partial charge in [0, 0.05) is 45.0 Å². The van der Waals surface area contributed by atoms with Crippen molar-refractivity contribution in [1.82, 2.24) is 15.1 Å². The van der Waals surface area contributed by atoms with Crippen molar-refractivity contribution in [2.45, 2.75) is 12.8 Å². The number of amides is 2. The molecule has 1 N–H and O–H groups in total. The largest absolute Gasteiger partial charge is 0.368 e. The Bertz CT molecular complexity index is 638. The molecule has 0 bridgehead atoms. The Kier molecular flexibility index (Phi) is 5.53. The van der Waals surface area contributed by atoms with E-state index in [1.807, 2.05) is 0 Å². The van der Waals surface area contributed by atoms with E-state index in [1.54, 1.807) is 11.0 Å². The maximum Gasteiger partial charge on any atom is 0.253 e. The van der Waals surface area contributed by atoms with Crippen LogP contribution < -0.4 is 10.2 Å². The summed E-state index contributed by atoms with van der Waals surface area (Å²) in [4.78, 5) is 30.7. The molecular formula is C18H25FN4O2. The van der Waals surface area contributed by atoms with Crippen LogP contribution in [0.3, 0.4) is 0 Å². The molecule has 0 unspecified atom stereocenters. The quantitative estimate of drug-likeness (QED) is 0.880. The van der Waals surface area contributed by atoms with Gasteiger partial charge in [-0.25, -0.2) is 4.39 Å². The number of halogens is 1. The lowest BCUT2D eigenvalue weighted by molar-refractivity contribution is -0.129. The van der Waals surface area contributed by atoms with E-state index in [1.165, 1.54) is 12.1 Å². The first-order valence-corrected chi connectivity index (χ1v) is 8.83. The molecule has 2 aliphatic heterocycles.